The summed E-state index contributed by atoms with van der Waals surface area (Å²) in [5, 5.41) is 0. The molecule has 1 unspecified atom stereocenters. The Morgan fingerprint density at radius 1 is 0.889 bits per heavy atom. The highest BCUT2D eigenvalue weighted by molar-refractivity contribution is 5.28. The first-order chi connectivity index (χ1) is 13.2. The molecule has 1 aromatic carbocycles. The molecule has 0 amide bonds. The van der Waals surface area contributed by atoms with Gasteiger partial charge in [-0.1, -0.05) is 89.0 Å². The molecule has 0 aliphatic carbocycles. The molecule has 2 nitrogen and oxygen atoms in total. The Kier molecular flexibility index (Phi) is 10.6. The van der Waals surface area contributed by atoms with Crippen LogP contribution in [0.25, 0.3) is 0 Å². The van der Waals surface area contributed by atoms with Crippen LogP contribution in [0.3, 0.4) is 0 Å². The van der Waals surface area contributed by atoms with Gasteiger partial charge in [0.05, 0.1) is 6.61 Å². The summed E-state index contributed by atoms with van der Waals surface area (Å²) in [4.78, 5) is 0. The van der Waals surface area contributed by atoms with Gasteiger partial charge in [0.25, 0.3) is 0 Å². The van der Waals surface area contributed by atoms with Crippen LogP contribution < -0.4 is 4.74 Å². The fraction of sp³-hybridized carbons (Fsp3) is 0.680. The van der Waals surface area contributed by atoms with Gasteiger partial charge in [-0.2, -0.15) is 0 Å². The third-order valence-corrected chi connectivity index (χ3v) is 5.35. The first-order valence-corrected chi connectivity index (χ1v) is 11.2. The maximum atomic E-state index is 5.77. The van der Waals surface area contributed by atoms with E-state index in [1.54, 1.807) is 0 Å². The molecule has 27 heavy (non-hydrogen) atoms. The molecule has 2 rings (SSSR count). The normalized spacial score (nSPS) is 18.9. The molecule has 1 aromatic rings. The molecule has 0 bridgehead atoms. The average Bonchev–Trinajstić information content (AvgIpc) is 3.42. The van der Waals surface area contributed by atoms with E-state index < -0.39 is 0 Å². The van der Waals surface area contributed by atoms with Crippen molar-refractivity contribution >= 4 is 0 Å². The van der Waals surface area contributed by atoms with Gasteiger partial charge in [0.2, 0.25) is 0 Å². The maximum absolute atomic E-state index is 5.77. The minimum absolute atomic E-state index is 0.0456. The van der Waals surface area contributed by atoms with E-state index in [2.05, 4.69) is 50.3 Å². The second-order valence-electron chi connectivity index (χ2n) is 8.32. The molecule has 1 aliphatic heterocycles. The highest BCUT2D eigenvalue weighted by Gasteiger charge is 2.40. The Morgan fingerprint density at radius 3 is 2.07 bits per heavy atom. The smallest absolute Gasteiger partial charge is 0.123 e. The molecular weight excluding hydrogens is 332 g/mol. The monoisotopic (exact) mass is 372 g/mol. The van der Waals surface area contributed by atoms with E-state index in [1.165, 1.54) is 76.2 Å². The third kappa shape index (κ3) is 10.6. The van der Waals surface area contributed by atoms with Gasteiger partial charge >= 0.3 is 0 Å². The van der Waals surface area contributed by atoms with Gasteiger partial charge in [-0.25, -0.2) is 0 Å². The summed E-state index contributed by atoms with van der Waals surface area (Å²) < 4.78 is 11.1. The summed E-state index contributed by atoms with van der Waals surface area (Å²) in [6.45, 7) is 5.83. The molecular formula is C25H40O2. The first kappa shape index (κ1) is 22.0. The lowest BCUT2D eigenvalue weighted by Gasteiger charge is -2.09. The van der Waals surface area contributed by atoms with Gasteiger partial charge < -0.3 is 9.47 Å². The van der Waals surface area contributed by atoms with Crippen LogP contribution in [0.15, 0.2) is 36.4 Å². The van der Waals surface area contributed by atoms with E-state index in [1.807, 2.05) is 0 Å². The van der Waals surface area contributed by atoms with E-state index in [0.717, 1.165) is 18.8 Å². The van der Waals surface area contributed by atoms with Crippen molar-refractivity contribution in [3.8, 4) is 5.75 Å². The zero-order valence-electron chi connectivity index (χ0n) is 17.7. The van der Waals surface area contributed by atoms with Gasteiger partial charge in [0.15, 0.2) is 0 Å². The molecule has 1 aliphatic rings. The molecule has 152 valence electrons. The molecule has 1 atom stereocenters. The SMILES string of the molecule is CCCCCCCCCCCC/C=C/Cc1ccc(OCC2(C)CO2)cc1. The van der Waals surface area contributed by atoms with Crippen LogP contribution in [0.1, 0.15) is 90.0 Å². The predicted octanol–water partition coefficient (Wildman–Crippen LogP) is 7.26. The second kappa shape index (κ2) is 13.0. The molecule has 0 radical (unpaired) electrons. The highest BCUT2D eigenvalue weighted by atomic mass is 16.6. The topological polar surface area (TPSA) is 21.8 Å². The summed E-state index contributed by atoms with van der Waals surface area (Å²) in [6, 6.07) is 8.46. The Hall–Kier alpha value is -1.28. The number of allylic oxidation sites excluding steroid dienone is 2. The van der Waals surface area contributed by atoms with Crippen LogP contribution in [0.4, 0.5) is 0 Å². The average molecular weight is 373 g/mol. The van der Waals surface area contributed by atoms with Gasteiger partial charge in [-0.15, -0.1) is 0 Å². The summed E-state index contributed by atoms with van der Waals surface area (Å²) in [6.07, 6.45) is 21.0. The highest BCUT2D eigenvalue weighted by Crippen LogP contribution is 2.27. The maximum Gasteiger partial charge on any atom is 0.123 e. The lowest BCUT2D eigenvalue weighted by Crippen LogP contribution is -2.16. The summed E-state index contributed by atoms with van der Waals surface area (Å²) in [5.41, 5.74) is 1.30. The molecule has 0 saturated carbocycles. The Labute approximate surface area is 167 Å². The number of benzene rings is 1. The molecule has 0 aromatic heterocycles. The fourth-order valence-corrected chi connectivity index (χ4v) is 3.25. The van der Waals surface area contributed by atoms with Crippen molar-refractivity contribution in [2.24, 2.45) is 0 Å². The summed E-state index contributed by atoms with van der Waals surface area (Å²) >= 11 is 0. The number of hydrogen-bond acceptors (Lipinski definition) is 2. The first-order valence-electron chi connectivity index (χ1n) is 11.2. The number of hydrogen-bond donors (Lipinski definition) is 0. The van der Waals surface area contributed by atoms with Crippen molar-refractivity contribution in [3.05, 3.63) is 42.0 Å². The quantitative estimate of drug-likeness (QED) is 0.173. The minimum Gasteiger partial charge on any atom is -0.491 e. The predicted molar refractivity (Wildman–Crippen MR) is 116 cm³/mol. The van der Waals surface area contributed by atoms with Crippen LogP contribution >= 0.6 is 0 Å². The van der Waals surface area contributed by atoms with Crippen molar-refractivity contribution in [1.82, 2.24) is 0 Å². The lowest BCUT2D eigenvalue weighted by molar-refractivity contribution is 0.202. The van der Waals surface area contributed by atoms with Crippen LogP contribution in [-0.4, -0.2) is 18.8 Å². The van der Waals surface area contributed by atoms with Gasteiger partial charge in [-0.05, 0) is 43.9 Å². The zero-order chi connectivity index (χ0) is 19.2. The van der Waals surface area contributed by atoms with Crippen molar-refractivity contribution in [2.45, 2.75) is 96.5 Å². The van der Waals surface area contributed by atoms with Crippen LogP contribution in [0.5, 0.6) is 5.75 Å². The van der Waals surface area contributed by atoms with Crippen LogP contribution in [0, 0.1) is 0 Å². The Morgan fingerprint density at radius 2 is 1.48 bits per heavy atom. The van der Waals surface area contributed by atoms with E-state index in [4.69, 9.17) is 9.47 Å². The lowest BCUT2D eigenvalue weighted by atomic mass is 10.1. The summed E-state index contributed by atoms with van der Waals surface area (Å²) in [5.74, 6) is 0.935. The zero-order valence-corrected chi connectivity index (χ0v) is 17.7. The van der Waals surface area contributed by atoms with E-state index in [9.17, 15) is 0 Å². The van der Waals surface area contributed by atoms with E-state index in [0.29, 0.717) is 6.61 Å². The molecule has 1 saturated heterocycles. The standard InChI is InChI=1S/C25H40O2/c1-3-4-5-6-7-8-9-10-11-12-13-14-15-16-23-17-19-24(20-18-23)26-21-25(2)22-27-25/h14-15,17-20H,3-13,16,21-22H2,1-2H3/b15-14+. The van der Waals surface area contributed by atoms with Gasteiger partial charge in [0.1, 0.15) is 18.0 Å². The molecule has 1 heterocycles. The number of unbranched alkanes of at least 4 members (excludes halogenated alkanes) is 10. The van der Waals surface area contributed by atoms with Crippen molar-refractivity contribution in [3.63, 3.8) is 0 Å². The number of ether oxygens (including phenoxy) is 2. The van der Waals surface area contributed by atoms with Crippen molar-refractivity contribution in [2.75, 3.05) is 13.2 Å². The van der Waals surface area contributed by atoms with Crippen LogP contribution in [0.2, 0.25) is 0 Å². The number of rotatable bonds is 16. The Balaban J connectivity index is 1.43. The van der Waals surface area contributed by atoms with Crippen molar-refractivity contribution < 1.29 is 9.47 Å². The van der Waals surface area contributed by atoms with E-state index >= 15 is 0 Å². The fourth-order valence-electron chi connectivity index (χ4n) is 3.25. The third-order valence-electron chi connectivity index (χ3n) is 5.35. The van der Waals surface area contributed by atoms with Gasteiger partial charge in [-0.3, -0.25) is 0 Å². The van der Waals surface area contributed by atoms with E-state index in [-0.39, 0.29) is 5.60 Å². The molecule has 2 heteroatoms. The van der Waals surface area contributed by atoms with Gasteiger partial charge in [0, 0.05) is 0 Å². The second-order valence-corrected chi connectivity index (χ2v) is 8.32. The largest absolute Gasteiger partial charge is 0.491 e. The molecule has 1 fully saturated rings. The molecule has 0 N–H and O–H groups in total. The minimum atomic E-state index is -0.0456. The molecule has 0 spiro atoms. The Bertz CT molecular complexity index is 514. The summed E-state index contributed by atoms with van der Waals surface area (Å²) in [7, 11) is 0. The van der Waals surface area contributed by atoms with Crippen LogP contribution in [-0.2, 0) is 11.2 Å². The van der Waals surface area contributed by atoms with Crippen molar-refractivity contribution in [1.29, 1.82) is 0 Å². The number of epoxide rings is 1.